The number of rotatable bonds is 10. The van der Waals surface area contributed by atoms with Crippen LogP contribution in [0.4, 0.5) is 10.6 Å². The maximum Gasteiger partial charge on any atom is 0.405 e. The van der Waals surface area contributed by atoms with E-state index >= 15 is 0 Å². The number of ether oxygens (including phenoxy) is 1. The fourth-order valence-electron chi connectivity index (χ4n) is 5.61. The van der Waals surface area contributed by atoms with Gasteiger partial charge >= 0.3 is 6.09 Å². The summed E-state index contributed by atoms with van der Waals surface area (Å²) in [6.07, 6.45) is 5.64. The van der Waals surface area contributed by atoms with E-state index in [0.29, 0.717) is 55.8 Å². The highest BCUT2D eigenvalue weighted by atomic mass is 16.5. The lowest BCUT2D eigenvalue weighted by Crippen LogP contribution is -2.62. The Bertz CT molecular complexity index is 1660. The minimum atomic E-state index is -1.39. The average Bonchev–Trinajstić information content (AvgIpc) is 3.43. The van der Waals surface area contributed by atoms with Gasteiger partial charge in [0, 0.05) is 54.3 Å². The first-order chi connectivity index (χ1) is 21.2. The summed E-state index contributed by atoms with van der Waals surface area (Å²) in [6, 6.07) is 12.2. The molecule has 0 saturated carbocycles. The molecule has 4 N–H and O–H groups in total. The number of amides is 2. The van der Waals surface area contributed by atoms with E-state index in [1.54, 1.807) is 23.1 Å². The molecule has 4 aromatic rings. The Morgan fingerprint density at radius 2 is 1.98 bits per heavy atom. The molecule has 2 amide bonds. The van der Waals surface area contributed by atoms with Gasteiger partial charge in [-0.15, -0.1) is 0 Å². The van der Waals surface area contributed by atoms with Gasteiger partial charge in [-0.05, 0) is 57.0 Å². The van der Waals surface area contributed by atoms with Gasteiger partial charge in [0.2, 0.25) is 5.91 Å². The molecule has 0 spiro atoms. The van der Waals surface area contributed by atoms with E-state index in [-0.39, 0.29) is 0 Å². The van der Waals surface area contributed by atoms with Crippen molar-refractivity contribution < 1.29 is 24.5 Å². The standard InChI is InChI=1S/C31H34N8O5/c1-3-44-24-14-25(28-22(16-32)18-35-39(28)19-24)21-7-8-26(34-17-21)38-12-9-31(10-13-38,15-23-6-4-5-11-33-23)37-29(41)27(20(2)40)36-30(42)43/h4-8,11,14,17-20,27,36,40H,3,9-10,12-13,15H2,1-2H3,(H,37,41)(H,42,43). The Morgan fingerprint density at radius 3 is 2.59 bits per heavy atom. The predicted octanol–water partition coefficient (Wildman–Crippen LogP) is 2.78. The molecule has 13 heteroatoms. The molecule has 1 aliphatic rings. The van der Waals surface area contributed by atoms with E-state index in [1.807, 2.05) is 43.3 Å². The maximum atomic E-state index is 13.2. The molecule has 0 aromatic carbocycles. The van der Waals surface area contributed by atoms with Crippen LogP contribution in [0.15, 0.2) is 61.2 Å². The summed E-state index contributed by atoms with van der Waals surface area (Å²) < 4.78 is 7.36. The van der Waals surface area contributed by atoms with E-state index in [9.17, 15) is 25.1 Å². The molecule has 2 atom stereocenters. The zero-order valence-corrected chi connectivity index (χ0v) is 24.5. The van der Waals surface area contributed by atoms with Crippen molar-refractivity contribution >= 4 is 23.3 Å². The third-order valence-corrected chi connectivity index (χ3v) is 7.80. The molecule has 44 heavy (non-hydrogen) atoms. The molecule has 228 valence electrons. The highest BCUT2D eigenvalue weighted by molar-refractivity contribution is 5.87. The number of hydrogen-bond acceptors (Lipinski definition) is 9. The number of aliphatic hydroxyl groups is 1. The maximum absolute atomic E-state index is 13.2. The molecule has 0 radical (unpaired) electrons. The lowest BCUT2D eigenvalue weighted by atomic mass is 9.82. The van der Waals surface area contributed by atoms with Crippen LogP contribution in [0.25, 0.3) is 16.6 Å². The molecule has 1 fully saturated rings. The molecular formula is C31H34N8O5. The summed E-state index contributed by atoms with van der Waals surface area (Å²) in [5.41, 5.74) is 2.79. The number of piperidine rings is 1. The molecule has 5 rings (SSSR count). The van der Waals surface area contributed by atoms with Crippen LogP contribution >= 0.6 is 0 Å². The van der Waals surface area contributed by atoms with Crippen molar-refractivity contribution in [2.45, 2.75) is 50.8 Å². The Hall–Kier alpha value is -5.22. The fraction of sp³-hybridized carbons (Fsp3) is 0.355. The second-order valence-corrected chi connectivity index (χ2v) is 10.8. The van der Waals surface area contributed by atoms with E-state index in [1.165, 1.54) is 13.1 Å². The molecule has 1 saturated heterocycles. The van der Waals surface area contributed by atoms with Crippen LogP contribution in [0, 0.1) is 11.3 Å². The largest absolute Gasteiger partial charge is 0.492 e. The zero-order chi connectivity index (χ0) is 31.3. The van der Waals surface area contributed by atoms with Crippen molar-refractivity contribution in [2.75, 3.05) is 24.6 Å². The number of anilines is 1. The van der Waals surface area contributed by atoms with Crippen LogP contribution in [0.1, 0.15) is 37.9 Å². The third kappa shape index (κ3) is 6.55. The Kier molecular flexibility index (Phi) is 8.91. The fourth-order valence-corrected chi connectivity index (χ4v) is 5.61. The number of nitrogens with zero attached hydrogens (tertiary/aromatic N) is 6. The van der Waals surface area contributed by atoms with E-state index in [4.69, 9.17) is 9.72 Å². The number of carbonyl (C=O) groups is 2. The van der Waals surface area contributed by atoms with Crippen LogP contribution < -0.4 is 20.3 Å². The Balaban J connectivity index is 1.37. The van der Waals surface area contributed by atoms with Gasteiger partial charge < -0.3 is 30.5 Å². The van der Waals surface area contributed by atoms with Crippen molar-refractivity contribution in [3.8, 4) is 22.9 Å². The summed E-state index contributed by atoms with van der Waals surface area (Å²) in [5.74, 6) is 0.795. The number of pyridine rings is 3. The van der Waals surface area contributed by atoms with Gasteiger partial charge in [0.05, 0.1) is 36.2 Å². The summed E-state index contributed by atoms with van der Waals surface area (Å²) in [6.45, 7) is 4.89. The second kappa shape index (κ2) is 13.0. The molecular weight excluding hydrogens is 564 g/mol. The molecule has 13 nitrogen and oxygen atoms in total. The van der Waals surface area contributed by atoms with Crippen LogP contribution in [0.3, 0.4) is 0 Å². The van der Waals surface area contributed by atoms with E-state index < -0.39 is 29.7 Å². The second-order valence-electron chi connectivity index (χ2n) is 10.8. The van der Waals surface area contributed by atoms with Crippen LogP contribution in [-0.4, -0.2) is 79.2 Å². The topological polar surface area (TPSA) is 178 Å². The first kappa shape index (κ1) is 30.2. The number of nitrogens with one attached hydrogen (secondary N) is 2. The first-order valence-corrected chi connectivity index (χ1v) is 14.4. The molecule has 0 aliphatic carbocycles. The minimum absolute atomic E-state index is 0.443. The summed E-state index contributed by atoms with van der Waals surface area (Å²) in [7, 11) is 0. The number of carboxylic acid groups (broad SMARTS) is 1. The van der Waals surface area contributed by atoms with Crippen molar-refractivity contribution in [1.29, 1.82) is 5.26 Å². The van der Waals surface area contributed by atoms with Gasteiger partial charge in [0.1, 0.15) is 23.7 Å². The molecule has 0 bridgehead atoms. The zero-order valence-electron chi connectivity index (χ0n) is 24.5. The van der Waals surface area contributed by atoms with Crippen molar-refractivity contribution in [3.05, 3.63) is 72.4 Å². The number of fused-ring (bicyclic) bond motifs is 1. The smallest absolute Gasteiger partial charge is 0.405 e. The molecule has 4 aromatic heterocycles. The van der Waals surface area contributed by atoms with Crippen LogP contribution in [0.5, 0.6) is 5.75 Å². The highest BCUT2D eigenvalue weighted by Crippen LogP contribution is 2.33. The molecule has 1 aliphatic heterocycles. The Morgan fingerprint density at radius 1 is 1.18 bits per heavy atom. The molecule has 5 heterocycles. The Labute approximate surface area is 254 Å². The normalized spacial score (nSPS) is 15.6. The number of carbonyl (C=O) groups excluding carboxylic acids is 1. The SMILES string of the molecule is CCOc1cc(-c2ccc(N3CCC(Cc4ccccn4)(NC(=O)C(NC(=O)O)C(C)O)CC3)nc2)c2c(C#N)cnn2c1. The van der Waals surface area contributed by atoms with Crippen LogP contribution in [-0.2, 0) is 11.2 Å². The number of aromatic nitrogens is 4. The van der Waals surface area contributed by atoms with Crippen LogP contribution in [0.2, 0.25) is 0 Å². The van der Waals surface area contributed by atoms with E-state index in [0.717, 1.165) is 22.6 Å². The van der Waals surface area contributed by atoms with Gasteiger partial charge in [-0.25, -0.2) is 14.3 Å². The minimum Gasteiger partial charge on any atom is -0.492 e. The lowest BCUT2D eigenvalue weighted by Gasteiger charge is -2.43. The van der Waals surface area contributed by atoms with E-state index in [2.05, 4.69) is 31.7 Å². The first-order valence-electron chi connectivity index (χ1n) is 14.4. The number of hydrogen-bond donors (Lipinski definition) is 4. The van der Waals surface area contributed by atoms with Gasteiger partial charge in [0.15, 0.2) is 0 Å². The summed E-state index contributed by atoms with van der Waals surface area (Å²) in [5, 5.41) is 38.4. The summed E-state index contributed by atoms with van der Waals surface area (Å²) in [4.78, 5) is 35.8. The van der Waals surface area contributed by atoms with Gasteiger partial charge in [-0.3, -0.25) is 9.78 Å². The van der Waals surface area contributed by atoms with Gasteiger partial charge in [0.25, 0.3) is 0 Å². The average molecular weight is 599 g/mol. The summed E-state index contributed by atoms with van der Waals surface area (Å²) >= 11 is 0. The quantitative estimate of drug-likeness (QED) is 0.212. The van der Waals surface area contributed by atoms with Crippen molar-refractivity contribution in [3.63, 3.8) is 0 Å². The monoisotopic (exact) mass is 598 g/mol. The molecule has 2 unspecified atom stereocenters. The number of nitriles is 1. The van der Waals surface area contributed by atoms with Crippen molar-refractivity contribution in [2.24, 2.45) is 0 Å². The van der Waals surface area contributed by atoms with Crippen molar-refractivity contribution in [1.82, 2.24) is 30.2 Å². The number of aliphatic hydroxyl groups excluding tert-OH is 1. The predicted molar refractivity (Wildman–Crippen MR) is 161 cm³/mol. The van der Waals surface area contributed by atoms with Gasteiger partial charge in [-0.1, -0.05) is 6.07 Å². The lowest BCUT2D eigenvalue weighted by molar-refractivity contribution is -0.127. The third-order valence-electron chi connectivity index (χ3n) is 7.80. The van der Waals surface area contributed by atoms with Gasteiger partial charge in [-0.2, -0.15) is 10.4 Å². The highest BCUT2D eigenvalue weighted by Gasteiger charge is 2.39.